The fraction of sp³-hybridized carbons (Fsp3) is 0.273. The number of thioether (sulfide) groups is 1. The van der Waals surface area contributed by atoms with E-state index >= 15 is 0 Å². The van der Waals surface area contributed by atoms with E-state index in [9.17, 15) is 4.79 Å². The molecule has 90 valence electrons. The Bertz CT molecular complexity index is 479. The molecule has 0 aliphatic rings. The zero-order chi connectivity index (χ0) is 12.1. The van der Waals surface area contributed by atoms with Crippen LogP contribution >= 0.6 is 23.1 Å². The molecule has 17 heavy (non-hydrogen) atoms. The molecule has 1 amide bonds. The van der Waals surface area contributed by atoms with E-state index in [1.54, 1.807) is 11.3 Å². The lowest BCUT2D eigenvalue weighted by Crippen LogP contribution is -2.30. The van der Waals surface area contributed by atoms with E-state index in [2.05, 4.69) is 10.3 Å². The molecule has 0 unspecified atom stereocenters. The molecule has 1 heterocycles. The number of nitrogens with zero attached hydrogens (tertiary/aromatic N) is 1. The SMILES string of the molecule is NCCNC(=O)CSc1nc2ccccc2s1. The van der Waals surface area contributed by atoms with Crippen molar-refractivity contribution in [3.05, 3.63) is 24.3 Å². The first-order valence-corrected chi connectivity index (χ1v) is 7.05. The minimum Gasteiger partial charge on any atom is -0.354 e. The number of nitrogens with one attached hydrogen (secondary N) is 1. The second kappa shape index (κ2) is 6.00. The summed E-state index contributed by atoms with van der Waals surface area (Å²) in [4.78, 5) is 15.8. The number of carbonyl (C=O) groups is 1. The molecule has 0 aliphatic heterocycles. The van der Waals surface area contributed by atoms with Crippen LogP contribution in [-0.4, -0.2) is 29.7 Å². The molecule has 6 heteroatoms. The average molecular weight is 267 g/mol. The normalized spacial score (nSPS) is 10.6. The number of aromatic nitrogens is 1. The number of rotatable bonds is 5. The Hall–Kier alpha value is -1.11. The molecular weight excluding hydrogens is 254 g/mol. The highest BCUT2D eigenvalue weighted by molar-refractivity contribution is 8.01. The van der Waals surface area contributed by atoms with Gasteiger partial charge in [-0.2, -0.15) is 0 Å². The monoisotopic (exact) mass is 267 g/mol. The van der Waals surface area contributed by atoms with Crippen molar-refractivity contribution in [2.75, 3.05) is 18.8 Å². The number of hydrogen-bond acceptors (Lipinski definition) is 5. The third-order valence-electron chi connectivity index (χ3n) is 2.07. The third-order valence-corrected chi connectivity index (χ3v) is 4.25. The summed E-state index contributed by atoms with van der Waals surface area (Å²) in [5.41, 5.74) is 6.29. The van der Waals surface area contributed by atoms with Crippen molar-refractivity contribution in [2.45, 2.75) is 4.34 Å². The van der Waals surface area contributed by atoms with Crippen molar-refractivity contribution in [1.29, 1.82) is 0 Å². The van der Waals surface area contributed by atoms with Gasteiger partial charge >= 0.3 is 0 Å². The van der Waals surface area contributed by atoms with Gasteiger partial charge in [0.1, 0.15) is 0 Å². The first kappa shape index (κ1) is 12.3. The number of hydrogen-bond donors (Lipinski definition) is 2. The predicted molar refractivity (Wildman–Crippen MR) is 72.4 cm³/mol. The molecule has 1 aromatic heterocycles. The summed E-state index contributed by atoms with van der Waals surface area (Å²) in [5.74, 6) is 0.388. The van der Waals surface area contributed by atoms with Crippen LogP contribution in [-0.2, 0) is 4.79 Å². The number of nitrogens with two attached hydrogens (primary N) is 1. The second-order valence-electron chi connectivity index (χ2n) is 3.37. The average Bonchev–Trinajstić information content (AvgIpc) is 2.76. The van der Waals surface area contributed by atoms with Gasteiger partial charge < -0.3 is 11.1 Å². The standard InChI is InChI=1S/C11H13N3OS2/c12-5-6-13-10(15)7-16-11-14-8-3-1-2-4-9(8)17-11/h1-4H,5-7,12H2,(H,13,15). The first-order valence-electron chi connectivity index (χ1n) is 5.25. The number of thiazole rings is 1. The number of benzene rings is 1. The molecule has 1 aromatic carbocycles. The molecule has 4 nitrogen and oxygen atoms in total. The zero-order valence-corrected chi connectivity index (χ0v) is 10.8. The van der Waals surface area contributed by atoms with Crippen LogP contribution in [0, 0.1) is 0 Å². The molecule has 0 spiro atoms. The van der Waals surface area contributed by atoms with Gasteiger partial charge in [0.25, 0.3) is 0 Å². The molecule has 0 radical (unpaired) electrons. The smallest absolute Gasteiger partial charge is 0.230 e. The molecule has 0 bridgehead atoms. The van der Waals surface area contributed by atoms with Gasteiger partial charge in [0, 0.05) is 13.1 Å². The maximum Gasteiger partial charge on any atom is 0.230 e. The minimum atomic E-state index is -0.000272. The highest BCUT2D eigenvalue weighted by Gasteiger charge is 2.06. The van der Waals surface area contributed by atoms with Crippen LogP contribution in [0.1, 0.15) is 0 Å². The summed E-state index contributed by atoms with van der Waals surface area (Å²) < 4.78 is 2.08. The van der Waals surface area contributed by atoms with E-state index in [4.69, 9.17) is 5.73 Å². The Kier molecular flexibility index (Phi) is 4.36. The van der Waals surface area contributed by atoms with Gasteiger partial charge in [0.2, 0.25) is 5.91 Å². The quantitative estimate of drug-likeness (QED) is 0.805. The van der Waals surface area contributed by atoms with Crippen LogP contribution in [0.15, 0.2) is 28.6 Å². The fourth-order valence-electron chi connectivity index (χ4n) is 1.30. The summed E-state index contributed by atoms with van der Waals surface area (Å²) in [5, 5.41) is 2.73. The van der Waals surface area contributed by atoms with Gasteiger partial charge in [-0.05, 0) is 12.1 Å². The van der Waals surface area contributed by atoms with Gasteiger partial charge in [0.05, 0.1) is 16.0 Å². The molecule has 2 aromatic rings. The van der Waals surface area contributed by atoms with Gasteiger partial charge in [-0.25, -0.2) is 4.98 Å². The number of carbonyl (C=O) groups excluding carboxylic acids is 1. The minimum absolute atomic E-state index is 0.000272. The first-order chi connectivity index (χ1) is 8.29. The number of amides is 1. The molecular formula is C11H13N3OS2. The highest BCUT2D eigenvalue weighted by Crippen LogP contribution is 2.28. The van der Waals surface area contributed by atoms with Crippen molar-refractivity contribution in [3.8, 4) is 0 Å². The molecule has 3 N–H and O–H groups in total. The van der Waals surface area contributed by atoms with Gasteiger partial charge in [-0.1, -0.05) is 23.9 Å². The van der Waals surface area contributed by atoms with Crippen LogP contribution < -0.4 is 11.1 Å². The zero-order valence-electron chi connectivity index (χ0n) is 9.18. The van der Waals surface area contributed by atoms with Crippen molar-refractivity contribution in [3.63, 3.8) is 0 Å². The maximum atomic E-state index is 11.4. The number of para-hydroxylation sites is 1. The van der Waals surface area contributed by atoms with Crippen molar-refractivity contribution in [2.24, 2.45) is 5.73 Å². The summed E-state index contributed by atoms with van der Waals surface area (Å²) in [6.45, 7) is 0.997. The maximum absolute atomic E-state index is 11.4. The van der Waals surface area contributed by atoms with Crippen molar-refractivity contribution >= 4 is 39.2 Å². The van der Waals surface area contributed by atoms with Crippen LogP contribution in [0.4, 0.5) is 0 Å². The summed E-state index contributed by atoms with van der Waals surface area (Å²) >= 11 is 3.07. The van der Waals surface area contributed by atoms with E-state index in [0.29, 0.717) is 18.8 Å². The molecule has 0 saturated carbocycles. The van der Waals surface area contributed by atoms with E-state index in [0.717, 1.165) is 14.6 Å². The van der Waals surface area contributed by atoms with Gasteiger partial charge in [-0.15, -0.1) is 11.3 Å². The second-order valence-corrected chi connectivity index (χ2v) is 5.63. The topological polar surface area (TPSA) is 68.0 Å². The lowest BCUT2D eigenvalue weighted by molar-refractivity contribution is -0.118. The predicted octanol–water partition coefficient (Wildman–Crippen LogP) is 1.46. The Balaban J connectivity index is 1.92. The molecule has 2 rings (SSSR count). The van der Waals surface area contributed by atoms with Crippen molar-refractivity contribution in [1.82, 2.24) is 10.3 Å². The Morgan fingerprint density at radius 1 is 1.47 bits per heavy atom. The Labute approximate surface area is 108 Å². The number of fused-ring (bicyclic) bond motifs is 1. The fourth-order valence-corrected chi connectivity index (χ4v) is 3.20. The van der Waals surface area contributed by atoms with Crippen LogP contribution in [0.2, 0.25) is 0 Å². The Morgan fingerprint density at radius 2 is 2.29 bits per heavy atom. The molecule has 0 atom stereocenters. The van der Waals surface area contributed by atoms with Gasteiger partial charge in [0.15, 0.2) is 4.34 Å². The van der Waals surface area contributed by atoms with E-state index in [1.165, 1.54) is 11.8 Å². The van der Waals surface area contributed by atoms with E-state index in [1.807, 2.05) is 24.3 Å². The van der Waals surface area contributed by atoms with Crippen LogP contribution in [0.3, 0.4) is 0 Å². The third kappa shape index (κ3) is 3.42. The lowest BCUT2D eigenvalue weighted by atomic mass is 10.3. The van der Waals surface area contributed by atoms with E-state index in [-0.39, 0.29) is 5.91 Å². The van der Waals surface area contributed by atoms with E-state index < -0.39 is 0 Å². The Morgan fingerprint density at radius 3 is 3.06 bits per heavy atom. The highest BCUT2D eigenvalue weighted by atomic mass is 32.2. The van der Waals surface area contributed by atoms with Crippen molar-refractivity contribution < 1.29 is 4.79 Å². The molecule has 0 aliphatic carbocycles. The molecule has 0 fully saturated rings. The van der Waals surface area contributed by atoms with Crippen LogP contribution in [0.25, 0.3) is 10.2 Å². The van der Waals surface area contributed by atoms with Crippen LogP contribution in [0.5, 0.6) is 0 Å². The summed E-state index contributed by atoms with van der Waals surface area (Å²) in [7, 11) is 0. The molecule has 0 saturated heterocycles. The largest absolute Gasteiger partial charge is 0.354 e. The summed E-state index contributed by atoms with van der Waals surface area (Å²) in [6.07, 6.45) is 0. The summed E-state index contributed by atoms with van der Waals surface area (Å²) in [6, 6.07) is 7.96. The van der Waals surface area contributed by atoms with Gasteiger partial charge in [-0.3, -0.25) is 4.79 Å². The lowest BCUT2D eigenvalue weighted by Gasteiger charge is -2.00.